The van der Waals surface area contributed by atoms with Crippen LogP contribution < -0.4 is 10.1 Å². The van der Waals surface area contributed by atoms with Crippen molar-refractivity contribution in [2.45, 2.75) is 56.4 Å². The Hall–Kier alpha value is -1.55. The SMILES string of the molecule is COc1ccccc1C1(CNC2CCC(C(=O)O)CC2)CCC1. The van der Waals surface area contributed by atoms with Crippen molar-refractivity contribution in [2.75, 3.05) is 13.7 Å². The van der Waals surface area contributed by atoms with Gasteiger partial charge in [-0.3, -0.25) is 4.79 Å². The van der Waals surface area contributed by atoms with E-state index in [0.29, 0.717) is 6.04 Å². The zero-order valence-electron chi connectivity index (χ0n) is 13.9. The summed E-state index contributed by atoms with van der Waals surface area (Å²) in [5.41, 5.74) is 1.51. The number of ether oxygens (including phenoxy) is 1. The fourth-order valence-electron chi connectivity index (χ4n) is 4.11. The van der Waals surface area contributed by atoms with Crippen LogP contribution in [-0.4, -0.2) is 30.8 Å². The molecule has 3 rings (SSSR count). The molecule has 0 heterocycles. The van der Waals surface area contributed by atoms with Crippen molar-refractivity contribution < 1.29 is 14.6 Å². The molecular weight excluding hydrogens is 290 g/mol. The minimum absolute atomic E-state index is 0.139. The van der Waals surface area contributed by atoms with E-state index in [4.69, 9.17) is 9.84 Å². The van der Waals surface area contributed by atoms with E-state index in [0.717, 1.165) is 38.0 Å². The van der Waals surface area contributed by atoms with Crippen LogP contribution in [0.15, 0.2) is 24.3 Å². The van der Waals surface area contributed by atoms with Crippen LogP contribution in [0.25, 0.3) is 0 Å². The highest BCUT2D eigenvalue weighted by molar-refractivity contribution is 5.70. The van der Waals surface area contributed by atoms with Gasteiger partial charge >= 0.3 is 5.97 Å². The Morgan fingerprint density at radius 2 is 1.96 bits per heavy atom. The van der Waals surface area contributed by atoms with E-state index in [9.17, 15) is 4.79 Å². The monoisotopic (exact) mass is 317 g/mol. The third-order valence-electron chi connectivity index (χ3n) is 5.79. The Balaban J connectivity index is 1.61. The number of methoxy groups -OCH3 is 1. The first-order valence-electron chi connectivity index (χ1n) is 8.74. The summed E-state index contributed by atoms with van der Waals surface area (Å²) in [5.74, 6) is 0.219. The molecule has 1 aromatic rings. The van der Waals surface area contributed by atoms with Gasteiger partial charge in [0.2, 0.25) is 0 Å². The lowest BCUT2D eigenvalue weighted by atomic mass is 9.64. The molecule has 0 radical (unpaired) electrons. The number of aliphatic carboxylic acids is 1. The molecule has 126 valence electrons. The highest BCUT2D eigenvalue weighted by Crippen LogP contribution is 2.46. The van der Waals surface area contributed by atoms with Crippen LogP contribution in [-0.2, 0) is 10.2 Å². The van der Waals surface area contributed by atoms with Crippen LogP contribution in [0, 0.1) is 5.92 Å². The van der Waals surface area contributed by atoms with E-state index in [1.807, 2.05) is 12.1 Å². The molecule has 0 saturated heterocycles. The first-order valence-corrected chi connectivity index (χ1v) is 8.74. The third kappa shape index (κ3) is 3.37. The van der Waals surface area contributed by atoms with E-state index in [1.165, 1.54) is 24.8 Å². The van der Waals surface area contributed by atoms with Gasteiger partial charge in [-0.25, -0.2) is 0 Å². The molecule has 2 aliphatic rings. The van der Waals surface area contributed by atoms with Crippen molar-refractivity contribution >= 4 is 5.97 Å². The van der Waals surface area contributed by atoms with Gasteiger partial charge in [0.05, 0.1) is 13.0 Å². The molecule has 0 bridgehead atoms. The molecule has 2 fully saturated rings. The second-order valence-corrected chi connectivity index (χ2v) is 7.10. The first-order chi connectivity index (χ1) is 11.1. The van der Waals surface area contributed by atoms with E-state index in [-0.39, 0.29) is 11.3 Å². The molecule has 0 atom stereocenters. The smallest absolute Gasteiger partial charge is 0.306 e. The lowest BCUT2D eigenvalue weighted by Crippen LogP contribution is -2.48. The Morgan fingerprint density at radius 1 is 1.26 bits per heavy atom. The molecule has 0 aliphatic heterocycles. The molecule has 2 N–H and O–H groups in total. The number of para-hydroxylation sites is 1. The van der Waals surface area contributed by atoms with Crippen molar-refractivity contribution in [2.24, 2.45) is 5.92 Å². The number of benzene rings is 1. The van der Waals surface area contributed by atoms with Gasteiger partial charge in [-0.1, -0.05) is 24.6 Å². The van der Waals surface area contributed by atoms with Gasteiger partial charge in [0.1, 0.15) is 5.75 Å². The van der Waals surface area contributed by atoms with Crippen LogP contribution in [0.4, 0.5) is 0 Å². The highest BCUT2D eigenvalue weighted by atomic mass is 16.5. The summed E-state index contributed by atoms with van der Waals surface area (Å²) in [5, 5.41) is 12.8. The van der Waals surface area contributed by atoms with E-state index >= 15 is 0 Å². The molecule has 2 aliphatic carbocycles. The van der Waals surface area contributed by atoms with Gasteiger partial charge in [0.15, 0.2) is 0 Å². The Labute approximate surface area is 138 Å². The van der Waals surface area contributed by atoms with Crippen molar-refractivity contribution in [3.8, 4) is 5.75 Å². The van der Waals surface area contributed by atoms with Crippen molar-refractivity contribution in [3.63, 3.8) is 0 Å². The summed E-state index contributed by atoms with van der Waals surface area (Å²) in [6, 6.07) is 8.82. The lowest BCUT2D eigenvalue weighted by molar-refractivity contribution is -0.142. The zero-order chi connectivity index (χ0) is 16.3. The van der Waals surface area contributed by atoms with Gasteiger partial charge in [0, 0.05) is 23.6 Å². The Bertz CT molecular complexity index is 545. The van der Waals surface area contributed by atoms with Gasteiger partial charge in [-0.05, 0) is 44.6 Å². The number of rotatable bonds is 6. The van der Waals surface area contributed by atoms with Crippen LogP contribution in [0.2, 0.25) is 0 Å². The number of hydrogen-bond donors (Lipinski definition) is 2. The summed E-state index contributed by atoms with van der Waals surface area (Å²) in [6.07, 6.45) is 7.21. The van der Waals surface area contributed by atoms with Gasteiger partial charge in [0.25, 0.3) is 0 Å². The molecule has 0 aromatic heterocycles. The quantitative estimate of drug-likeness (QED) is 0.845. The number of hydrogen-bond acceptors (Lipinski definition) is 3. The maximum Gasteiger partial charge on any atom is 0.306 e. The molecule has 0 amide bonds. The number of nitrogens with one attached hydrogen (secondary N) is 1. The topological polar surface area (TPSA) is 58.6 Å². The largest absolute Gasteiger partial charge is 0.496 e. The van der Waals surface area contributed by atoms with E-state index in [2.05, 4.69) is 17.4 Å². The molecule has 1 aromatic carbocycles. The normalized spacial score (nSPS) is 26.3. The molecule has 4 heteroatoms. The van der Waals surface area contributed by atoms with E-state index in [1.54, 1.807) is 7.11 Å². The van der Waals surface area contributed by atoms with Crippen molar-refractivity contribution in [1.82, 2.24) is 5.32 Å². The van der Waals surface area contributed by atoms with Gasteiger partial charge in [-0.2, -0.15) is 0 Å². The van der Waals surface area contributed by atoms with E-state index < -0.39 is 5.97 Å². The molecule has 23 heavy (non-hydrogen) atoms. The summed E-state index contributed by atoms with van der Waals surface area (Å²) in [4.78, 5) is 11.1. The molecule has 0 spiro atoms. The van der Waals surface area contributed by atoms with Crippen LogP contribution >= 0.6 is 0 Å². The number of carboxylic acids is 1. The van der Waals surface area contributed by atoms with Crippen LogP contribution in [0.5, 0.6) is 5.75 Å². The number of carbonyl (C=O) groups is 1. The molecular formula is C19H27NO3. The second kappa shape index (κ2) is 6.91. The molecule has 2 saturated carbocycles. The predicted octanol–water partition coefficient (Wildman–Crippen LogP) is 3.35. The zero-order valence-corrected chi connectivity index (χ0v) is 13.9. The van der Waals surface area contributed by atoms with Crippen molar-refractivity contribution in [3.05, 3.63) is 29.8 Å². The van der Waals surface area contributed by atoms with Gasteiger partial charge in [-0.15, -0.1) is 0 Å². The van der Waals surface area contributed by atoms with Gasteiger partial charge < -0.3 is 15.2 Å². The maximum atomic E-state index is 11.1. The summed E-state index contributed by atoms with van der Waals surface area (Å²) < 4.78 is 5.57. The molecule has 0 unspecified atom stereocenters. The Morgan fingerprint density at radius 3 is 2.52 bits per heavy atom. The highest BCUT2D eigenvalue weighted by Gasteiger charge is 2.41. The minimum Gasteiger partial charge on any atom is -0.496 e. The van der Waals surface area contributed by atoms with Crippen LogP contribution in [0.3, 0.4) is 0 Å². The lowest BCUT2D eigenvalue weighted by Gasteiger charge is -2.44. The second-order valence-electron chi connectivity index (χ2n) is 7.10. The summed E-state index contributed by atoms with van der Waals surface area (Å²) >= 11 is 0. The standard InChI is InChI=1S/C19H27NO3/c1-23-17-6-3-2-5-16(17)19(11-4-12-19)13-20-15-9-7-14(8-10-15)18(21)22/h2-3,5-6,14-15,20H,4,7-13H2,1H3,(H,21,22). The fourth-order valence-corrected chi connectivity index (χ4v) is 4.11. The molecule has 4 nitrogen and oxygen atoms in total. The minimum atomic E-state index is -0.632. The number of carboxylic acid groups (broad SMARTS) is 1. The fraction of sp³-hybridized carbons (Fsp3) is 0.632. The average molecular weight is 317 g/mol. The summed E-state index contributed by atoms with van der Waals surface area (Å²) in [6.45, 7) is 0.968. The Kier molecular flexibility index (Phi) is 4.90. The van der Waals surface area contributed by atoms with Crippen LogP contribution in [0.1, 0.15) is 50.5 Å². The first kappa shape index (κ1) is 16.3. The third-order valence-corrected chi connectivity index (χ3v) is 5.79. The van der Waals surface area contributed by atoms with Crippen molar-refractivity contribution in [1.29, 1.82) is 0 Å². The summed E-state index contributed by atoms with van der Waals surface area (Å²) in [7, 11) is 1.74. The maximum absolute atomic E-state index is 11.1. The predicted molar refractivity (Wildman–Crippen MR) is 89.9 cm³/mol. The average Bonchev–Trinajstić information content (AvgIpc) is 2.54.